The van der Waals surface area contributed by atoms with Gasteiger partial charge < -0.3 is 10.0 Å². The summed E-state index contributed by atoms with van der Waals surface area (Å²) in [6, 6.07) is 8.16. The number of aliphatic hydroxyl groups is 1. The van der Waals surface area contributed by atoms with E-state index in [4.69, 9.17) is 0 Å². The molecule has 1 heterocycles. The Kier molecular flexibility index (Phi) is 4.59. The summed E-state index contributed by atoms with van der Waals surface area (Å²) in [5.41, 5.74) is 2.25. The van der Waals surface area contributed by atoms with Crippen molar-refractivity contribution < 1.29 is 9.90 Å². The number of carbonyl (C=O) groups excluding carboxylic acids is 1. The van der Waals surface area contributed by atoms with Crippen LogP contribution in [-0.2, 0) is 17.8 Å². The molecule has 1 saturated carbocycles. The van der Waals surface area contributed by atoms with Crippen LogP contribution >= 0.6 is 0 Å². The fourth-order valence-corrected chi connectivity index (χ4v) is 3.31. The summed E-state index contributed by atoms with van der Waals surface area (Å²) in [4.78, 5) is 14.2. The van der Waals surface area contributed by atoms with Gasteiger partial charge in [0.15, 0.2) is 0 Å². The van der Waals surface area contributed by atoms with Gasteiger partial charge in [-0.1, -0.05) is 37.1 Å². The maximum Gasteiger partial charge on any atom is 0.222 e. The topological polar surface area (TPSA) is 40.5 Å². The molecule has 3 heteroatoms. The molecule has 2 aliphatic rings. The number of carbonyl (C=O) groups is 1. The number of likely N-dealkylation sites (tertiary alicyclic amines) is 1. The Labute approximate surface area is 127 Å². The second-order valence-electron chi connectivity index (χ2n) is 6.66. The number of hydrogen-bond donors (Lipinski definition) is 1. The Morgan fingerprint density at radius 3 is 2.76 bits per heavy atom. The van der Waals surface area contributed by atoms with Crippen LogP contribution in [0.5, 0.6) is 0 Å². The van der Waals surface area contributed by atoms with Gasteiger partial charge in [0, 0.05) is 19.5 Å². The van der Waals surface area contributed by atoms with E-state index < -0.39 is 0 Å². The van der Waals surface area contributed by atoms with Crippen LogP contribution < -0.4 is 0 Å². The second kappa shape index (κ2) is 6.61. The molecule has 3 rings (SSSR count). The Balaban J connectivity index is 1.48. The summed E-state index contributed by atoms with van der Waals surface area (Å²) < 4.78 is 0. The summed E-state index contributed by atoms with van der Waals surface area (Å²) in [6.45, 7) is 1.94. The molecule has 1 aliphatic carbocycles. The Hall–Kier alpha value is -1.35. The van der Waals surface area contributed by atoms with Gasteiger partial charge in [0.1, 0.15) is 0 Å². The van der Waals surface area contributed by atoms with Crippen molar-refractivity contribution in [2.75, 3.05) is 13.1 Å². The molecule has 0 aromatic heterocycles. The van der Waals surface area contributed by atoms with Crippen molar-refractivity contribution in [1.82, 2.24) is 4.90 Å². The number of aliphatic hydroxyl groups excluding tert-OH is 1. The lowest BCUT2D eigenvalue weighted by molar-refractivity contribution is -0.130. The summed E-state index contributed by atoms with van der Waals surface area (Å²) >= 11 is 0. The molecule has 2 fully saturated rings. The van der Waals surface area contributed by atoms with Gasteiger partial charge in [0.25, 0.3) is 0 Å². The van der Waals surface area contributed by atoms with Crippen LogP contribution in [0.25, 0.3) is 0 Å². The quantitative estimate of drug-likeness (QED) is 0.874. The first kappa shape index (κ1) is 14.6. The van der Waals surface area contributed by atoms with Crippen molar-refractivity contribution in [3.8, 4) is 0 Å². The minimum absolute atomic E-state index is 0.101. The maximum absolute atomic E-state index is 12.2. The van der Waals surface area contributed by atoms with E-state index in [2.05, 4.69) is 17.0 Å². The Bertz CT molecular complexity index is 496. The van der Waals surface area contributed by atoms with E-state index >= 15 is 0 Å². The van der Waals surface area contributed by atoms with Gasteiger partial charge in [-0.2, -0.15) is 0 Å². The fraction of sp³-hybridized carbons (Fsp3) is 0.611. The maximum atomic E-state index is 12.2. The van der Waals surface area contributed by atoms with Gasteiger partial charge in [-0.25, -0.2) is 0 Å². The predicted octanol–water partition coefficient (Wildman–Crippen LogP) is 2.76. The highest BCUT2D eigenvalue weighted by molar-refractivity contribution is 5.76. The van der Waals surface area contributed by atoms with E-state index in [0.29, 0.717) is 11.8 Å². The highest BCUT2D eigenvalue weighted by Crippen LogP contribution is 2.34. The first-order chi connectivity index (χ1) is 10.2. The van der Waals surface area contributed by atoms with Crippen LogP contribution in [0.3, 0.4) is 0 Å². The zero-order chi connectivity index (χ0) is 14.7. The van der Waals surface area contributed by atoms with Crippen molar-refractivity contribution in [1.29, 1.82) is 0 Å². The van der Waals surface area contributed by atoms with E-state index in [1.165, 1.54) is 18.4 Å². The van der Waals surface area contributed by atoms with E-state index in [-0.39, 0.29) is 6.61 Å². The minimum Gasteiger partial charge on any atom is -0.392 e. The normalized spacial score (nSPS) is 21.8. The van der Waals surface area contributed by atoms with Gasteiger partial charge in [0.2, 0.25) is 5.91 Å². The smallest absolute Gasteiger partial charge is 0.222 e. The van der Waals surface area contributed by atoms with Crippen molar-refractivity contribution in [3.63, 3.8) is 0 Å². The molecule has 1 saturated heterocycles. The van der Waals surface area contributed by atoms with Crippen LogP contribution in [0, 0.1) is 11.8 Å². The zero-order valence-electron chi connectivity index (χ0n) is 12.6. The molecule has 114 valence electrons. The van der Waals surface area contributed by atoms with E-state index in [1.54, 1.807) is 0 Å². The second-order valence-corrected chi connectivity index (χ2v) is 6.66. The molecular formula is C18H25NO2. The highest BCUT2D eigenvalue weighted by atomic mass is 16.3. The minimum atomic E-state index is 0.101. The van der Waals surface area contributed by atoms with Crippen LogP contribution in [-0.4, -0.2) is 29.0 Å². The molecular weight excluding hydrogens is 262 g/mol. The number of rotatable bonds is 6. The SMILES string of the molecule is O=C(CCC1CC1)N1CCC(Cc2cccc(CO)c2)C1. The van der Waals surface area contributed by atoms with Crippen LogP contribution in [0.4, 0.5) is 0 Å². The third-order valence-corrected chi connectivity index (χ3v) is 4.80. The standard InChI is InChI=1S/C18H25NO2/c20-13-17-3-1-2-15(11-17)10-16-8-9-19(12-16)18(21)7-6-14-4-5-14/h1-3,11,14,16,20H,4-10,12-13H2. The lowest BCUT2D eigenvalue weighted by Gasteiger charge is -2.16. The molecule has 0 bridgehead atoms. The third kappa shape index (κ3) is 4.07. The monoisotopic (exact) mass is 287 g/mol. The van der Waals surface area contributed by atoms with Gasteiger partial charge in [0.05, 0.1) is 6.61 Å². The molecule has 0 spiro atoms. The van der Waals surface area contributed by atoms with Gasteiger partial charge in [-0.05, 0) is 42.2 Å². The molecule has 1 aromatic rings. The van der Waals surface area contributed by atoms with E-state index in [0.717, 1.165) is 50.3 Å². The molecule has 0 radical (unpaired) electrons. The van der Waals surface area contributed by atoms with Crippen LogP contribution in [0.15, 0.2) is 24.3 Å². The first-order valence-electron chi connectivity index (χ1n) is 8.21. The Morgan fingerprint density at radius 2 is 2.00 bits per heavy atom. The average molecular weight is 287 g/mol. The molecule has 21 heavy (non-hydrogen) atoms. The largest absolute Gasteiger partial charge is 0.392 e. The van der Waals surface area contributed by atoms with Gasteiger partial charge in [-0.15, -0.1) is 0 Å². The first-order valence-corrected chi connectivity index (χ1v) is 8.21. The number of benzene rings is 1. The summed E-state index contributed by atoms with van der Waals surface area (Å²) in [5.74, 6) is 1.77. The lowest BCUT2D eigenvalue weighted by atomic mass is 9.97. The molecule has 1 N–H and O–H groups in total. The van der Waals surface area contributed by atoms with Crippen molar-refractivity contribution >= 4 is 5.91 Å². The molecule has 1 atom stereocenters. The van der Waals surface area contributed by atoms with Crippen molar-refractivity contribution in [2.45, 2.75) is 45.1 Å². The van der Waals surface area contributed by atoms with E-state index in [1.807, 2.05) is 12.1 Å². The predicted molar refractivity (Wildman–Crippen MR) is 82.7 cm³/mol. The van der Waals surface area contributed by atoms with Crippen LogP contribution in [0.2, 0.25) is 0 Å². The van der Waals surface area contributed by atoms with Gasteiger partial charge >= 0.3 is 0 Å². The van der Waals surface area contributed by atoms with Crippen molar-refractivity contribution in [2.24, 2.45) is 11.8 Å². The van der Waals surface area contributed by atoms with Gasteiger partial charge in [-0.3, -0.25) is 4.79 Å². The number of nitrogens with zero attached hydrogens (tertiary/aromatic N) is 1. The average Bonchev–Trinajstić information content (AvgIpc) is 3.23. The molecule has 3 nitrogen and oxygen atoms in total. The third-order valence-electron chi connectivity index (χ3n) is 4.80. The lowest BCUT2D eigenvalue weighted by Crippen LogP contribution is -2.28. The fourth-order valence-electron chi connectivity index (χ4n) is 3.31. The molecule has 1 amide bonds. The van der Waals surface area contributed by atoms with E-state index in [9.17, 15) is 9.90 Å². The molecule has 1 unspecified atom stereocenters. The summed E-state index contributed by atoms with van der Waals surface area (Å²) in [7, 11) is 0. The van der Waals surface area contributed by atoms with Crippen molar-refractivity contribution in [3.05, 3.63) is 35.4 Å². The number of hydrogen-bond acceptors (Lipinski definition) is 2. The summed E-state index contributed by atoms with van der Waals surface area (Å²) in [6.07, 6.45) is 6.63. The number of amides is 1. The highest BCUT2D eigenvalue weighted by Gasteiger charge is 2.28. The summed E-state index contributed by atoms with van der Waals surface area (Å²) in [5, 5.41) is 9.19. The molecule has 1 aliphatic heterocycles. The Morgan fingerprint density at radius 1 is 1.19 bits per heavy atom. The zero-order valence-corrected chi connectivity index (χ0v) is 12.6. The van der Waals surface area contributed by atoms with Crippen LogP contribution in [0.1, 0.15) is 43.2 Å². The molecule has 1 aromatic carbocycles.